The lowest BCUT2D eigenvalue weighted by Gasteiger charge is -2.34. The number of rotatable bonds is 3. The molecule has 1 aromatic heterocycles. The number of H-pyrrole nitrogens is 1. The van der Waals surface area contributed by atoms with Crippen molar-refractivity contribution in [2.24, 2.45) is 11.8 Å². The summed E-state index contributed by atoms with van der Waals surface area (Å²) in [6.45, 7) is 12.0. The fourth-order valence-corrected chi connectivity index (χ4v) is 4.79. The van der Waals surface area contributed by atoms with Crippen molar-refractivity contribution >= 4 is 11.3 Å². The van der Waals surface area contributed by atoms with Gasteiger partial charge in [-0.05, 0) is 37.7 Å². The number of likely N-dealkylation sites (tertiary alicyclic amines) is 1. The third kappa shape index (κ3) is 3.75. The summed E-state index contributed by atoms with van der Waals surface area (Å²) in [5.74, 6) is 1.47. The number of aromatic nitrogens is 1. The Hall–Kier alpha value is -1.39. The van der Waals surface area contributed by atoms with Gasteiger partial charge in [-0.15, -0.1) is 0 Å². The van der Waals surface area contributed by atoms with E-state index in [2.05, 4.69) is 55.8 Å². The summed E-state index contributed by atoms with van der Waals surface area (Å²) in [4.78, 5) is 18.8. The fourth-order valence-electron chi connectivity index (χ4n) is 3.91. The fraction of sp³-hybridized carbons (Fsp3) is 0.526. The van der Waals surface area contributed by atoms with E-state index in [1.54, 1.807) is 0 Å². The highest BCUT2D eigenvalue weighted by Gasteiger charge is 2.23. The van der Waals surface area contributed by atoms with Gasteiger partial charge in [0.2, 0.25) is 0 Å². The summed E-state index contributed by atoms with van der Waals surface area (Å²) in [6, 6.07) is 6.43. The average molecular weight is 330 g/mol. The van der Waals surface area contributed by atoms with Gasteiger partial charge >= 0.3 is 4.87 Å². The number of nitrogens with one attached hydrogen (secondary N) is 1. The molecule has 1 aliphatic rings. The molecule has 0 radical (unpaired) electrons. The van der Waals surface area contributed by atoms with Crippen molar-refractivity contribution in [1.82, 2.24) is 9.88 Å². The SMILES string of the molecule is Cc1ccc(-c2[nH]c(=O)sc2CN2CC(C)CC(C)C2)c(C)c1. The molecule has 3 nitrogen and oxygen atoms in total. The third-order valence-electron chi connectivity index (χ3n) is 4.68. The summed E-state index contributed by atoms with van der Waals surface area (Å²) >= 11 is 1.37. The zero-order chi connectivity index (χ0) is 16.6. The largest absolute Gasteiger partial charge is 0.312 e. The van der Waals surface area contributed by atoms with Gasteiger partial charge in [0.15, 0.2) is 0 Å². The van der Waals surface area contributed by atoms with Crippen LogP contribution < -0.4 is 4.87 Å². The highest BCUT2D eigenvalue weighted by Crippen LogP contribution is 2.30. The second-order valence-corrected chi connectivity index (χ2v) is 8.34. The second-order valence-electron chi connectivity index (χ2n) is 7.27. The van der Waals surface area contributed by atoms with E-state index in [9.17, 15) is 4.79 Å². The van der Waals surface area contributed by atoms with Crippen LogP contribution in [-0.2, 0) is 6.54 Å². The molecule has 2 unspecified atom stereocenters. The molecule has 1 N–H and O–H groups in total. The van der Waals surface area contributed by atoms with Crippen molar-refractivity contribution < 1.29 is 0 Å². The van der Waals surface area contributed by atoms with Crippen LogP contribution in [0.4, 0.5) is 0 Å². The van der Waals surface area contributed by atoms with Crippen LogP contribution in [-0.4, -0.2) is 23.0 Å². The molecule has 2 heterocycles. The molecule has 2 atom stereocenters. The lowest BCUT2D eigenvalue weighted by Crippen LogP contribution is -2.38. The molecule has 4 heteroatoms. The number of aromatic amines is 1. The third-order valence-corrected chi connectivity index (χ3v) is 5.55. The molecule has 23 heavy (non-hydrogen) atoms. The molecule has 0 spiro atoms. The first-order valence-electron chi connectivity index (χ1n) is 8.44. The highest BCUT2D eigenvalue weighted by molar-refractivity contribution is 7.09. The Morgan fingerprint density at radius 2 is 1.91 bits per heavy atom. The van der Waals surface area contributed by atoms with Crippen molar-refractivity contribution in [3.8, 4) is 11.3 Å². The van der Waals surface area contributed by atoms with E-state index < -0.39 is 0 Å². The Morgan fingerprint density at radius 3 is 2.57 bits per heavy atom. The predicted molar refractivity (Wildman–Crippen MR) is 98.1 cm³/mol. The van der Waals surface area contributed by atoms with Crippen LogP contribution in [0.3, 0.4) is 0 Å². The van der Waals surface area contributed by atoms with Crippen molar-refractivity contribution in [1.29, 1.82) is 0 Å². The Labute approximate surface area is 142 Å². The first-order valence-corrected chi connectivity index (χ1v) is 9.26. The average Bonchev–Trinajstić information content (AvgIpc) is 2.78. The maximum absolute atomic E-state index is 12.0. The van der Waals surface area contributed by atoms with Crippen LogP contribution in [0.1, 0.15) is 36.3 Å². The normalized spacial score (nSPS) is 22.4. The quantitative estimate of drug-likeness (QED) is 0.915. The topological polar surface area (TPSA) is 36.1 Å². The lowest BCUT2D eigenvalue weighted by atomic mass is 9.92. The Kier molecular flexibility index (Phi) is 4.74. The summed E-state index contributed by atoms with van der Waals surface area (Å²) in [6.07, 6.45) is 1.31. The molecule has 0 saturated carbocycles. The number of aryl methyl sites for hydroxylation is 2. The predicted octanol–water partition coefficient (Wildman–Crippen LogP) is 4.20. The molecule has 1 saturated heterocycles. The Balaban J connectivity index is 1.90. The minimum atomic E-state index is 0.0491. The molecule has 0 amide bonds. The molecule has 1 fully saturated rings. The van der Waals surface area contributed by atoms with E-state index >= 15 is 0 Å². The zero-order valence-electron chi connectivity index (χ0n) is 14.5. The van der Waals surface area contributed by atoms with Gasteiger partial charge in [-0.25, -0.2) is 0 Å². The minimum Gasteiger partial charge on any atom is -0.312 e. The van der Waals surface area contributed by atoms with Gasteiger partial charge in [-0.1, -0.05) is 48.9 Å². The van der Waals surface area contributed by atoms with Gasteiger partial charge in [-0.3, -0.25) is 9.69 Å². The molecule has 1 aliphatic heterocycles. The molecule has 3 rings (SSSR count). The van der Waals surface area contributed by atoms with Crippen molar-refractivity contribution in [3.63, 3.8) is 0 Å². The smallest absolute Gasteiger partial charge is 0.305 e. The Morgan fingerprint density at radius 1 is 1.22 bits per heavy atom. The van der Waals surface area contributed by atoms with E-state index in [4.69, 9.17) is 0 Å². The van der Waals surface area contributed by atoms with E-state index in [1.165, 1.54) is 33.8 Å². The van der Waals surface area contributed by atoms with E-state index in [-0.39, 0.29) is 4.87 Å². The van der Waals surface area contributed by atoms with Crippen LogP contribution in [0.15, 0.2) is 23.0 Å². The molecule has 2 aromatic rings. The Bertz CT molecular complexity index is 736. The summed E-state index contributed by atoms with van der Waals surface area (Å²) < 4.78 is 0. The maximum atomic E-state index is 12.0. The van der Waals surface area contributed by atoms with E-state index in [0.29, 0.717) is 0 Å². The van der Waals surface area contributed by atoms with Gasteiger partial charge in [0.25, 0.3) is 0 Å². The second kappa shape index (κ2) is 6.62. The van der Waals surface area contributed by atoms with Crippen molar-refractivity contribution in [2.75, 3.05) is 13.1 Å². The molecule has 1 aromatic carbocycles. The van der Waals surface area contributed by atoms with Gasteiger partial charge in [0.05, 0.1) is 5.69 Å². The van der Waals surface area contributed by atoms with Gasteiger partial charge in [0.1, 0.15) is 0 Å². The van der Waals surface area contributed by atoms with Crippen LogP contribution >= 0.6 is 11.3 Å². The lowest BCUT2D eigenvalue weighted by molar-refractivity contribution is 0.135. The van der Waals surface area contributed by atoms with Gasteiger partial charge < -0.3 is 4.98 Å². The zero-order valence-corrected chi connectivity index (χ0v) is 15.3. The van der Waals surface area contributed by atoms with E-state index in [1.807, 2.05) is 0 Å². The maximum Gasteiger partial charge on any atom is 0.305 e. The van der Waals surface area contributed by atoms with Crippen LogP contribution in [0.25, 0.3) is 11.3 Å². The van der Waals surface area contributed by atoms with Crippen molar-refractivity contribution in [2.45, 2.75) is 40.7 Å². The van der Waals surface area contributed by atoms with Crippen LogP contribution in [0, 0.1) is 25.7 Å². The van der Waals surface area contributed by atoms with E-state index in [0.717, 1.165) is 42.7 Å². The number of thiazole rings is 1. The van der Waals surface area contributed by atoms with Crippen LogP contribution in [0.2, 0.25) is 0 Å². The molecule has 124 valence electrons. The minimum absolute atomic E-state index is 0.0491. The van der Waals surface area contributed by atoms with Crippen molar-refractivity contribution in [3.05, 3.63) is 43.9 Å². The number of hydrogen-bond acceptors (Lipinski definition) is 3. The first-order chi connectivity index (χ1) is 10.9. The summed E-state index contributed by atoms with van der Waals surface area (Å²) in [7, 11) is 0. The molecular weight excluding hydrogens is 304 g/mol. The standard InChI is InChI=1S/C19H26N2OS/c1-12-5-6-16(15(4)8-12)18-17(23-19(22)20-18)11-21-9-13(2)7-14(3)10-21/h5-6,8,13-14H,7,9-11H2,1-4H3,(H,20,22). The monoisotopic (exact) mass is 330 g/mol. The number of piperidine rings is 1. The summed E-state index contributed by atoms with van der Waals surface area (Å²) in [5.41, 5.74) is 4.65. The number of hydrogen-bond donors (Lipinski definition) is 1. The molecule has 0 aliphatic carbocycles. The number of nitrogens with zero attached hydrogens (tertiary/aromatic N) is 1. The van der Waals surface area contributed by atoms with Gasteiger partial charge in [0, 0.05) is 30.1 Å². The molecular formula is C19H26N2OS. The first kappa shape index (κ1) is 16.5. The summed E-state index contributed by atoms with van der Waals surface area (Å²) in [5, 5.41) is 0. The molecule has 0 bridgehead atoms. The van der Waals surface area contributed by atoms with Gasteiger partial charge in [-0.2, -0.15) is 0 Å². The highest BCUT2D eigenvalue weighted by atomic mass is 32.1. The van der Waals surface area contributed by atoms with Crippen LogP contribution in [0.5, 0.6) is 0 Å². The number of benzene rings is 1.